The van der Waals surface area contributed by atoms with E-state index in [0.717, 1.165) is 62.4 Å². The molecule has 1 aromatic rings. The molecule has 3 rings (SSSR count). The van der Waals surface area contributed by atoms with Crippen molar-refractivity contribution in [2.75, 3.05) is 36.4 Å². The summed E-state index contributed by atoms with van der Waals surface area (Å²) in [6, 6.07) is 5.88. The molecule has 0 unspecified atom stereocenters. The molecule has 2 aliphatic heterocycles. The second-order valence-electron chi connectivity index (χ2n) is 10.4. The molecule has 0 radical (unpaired) electrons. The van der Waals surface area contributed by atoms with Crippen LogP contribution in [0.4, 0.5) is 11.4 Å². The number of carbonyl (C=O) groups excluding carboxylic acids is 2. The Hall–Kier alpha value is -2.04. The zero-order valence-corrected chi connectivity index (χ0v) is 19.3. The molecule has 30 heavy (non-hydrogen) atoms. The van der Waals surface area contributed by atoms with Crippen molar-refractivity contribution in [3.8, 4) is 0 Å². The highest BCUT2D eigenvalue weighted by molar-refractivity contribution is 6.02. The summed E-state index contributed by atoms with van der Waals surface area (Å²) in [7, 11) is 0. The highest BCUT2D eigenvalue weighted by Gasteiger charge is 2.25. The Kier molecular flexibility index (Phi) is 7.43. The van der Waals surface area contributed by atoms with Crippen LogP contribution in [0.5, 0.6) is 0 Å². The van der Waals surface area contributed by atoms with Crippen LogP contribution in [0.3, 0.4) is 0 Å². The maximum absolute atomic E-state index is 13.3. The number of amides is 2. The predicted octanol–water partition coefficient (Wildman–Crippen LogP) is 5.31. The lowest BCUT2D eigenvalue weighted by Crippen LogP contribution is -2.36. The standard InChI is InChI=1S/C25H39N3O2/c1-19(18-25(2,3)4)16-23(29)26-20-10-11-22(27-12-8-9-13-27)21(17-20)24(30)28-14-6-5-7-15-28/h10-11,17,19H,5-9,12-16,18H2,1-4H3,(H,26,29)/t19-/m1/s1. The number of carbonyl (C=O) groups is 2. The van der Waals surface area contributed by atoms with Crippen LogP contribution in [0.2, 0.25) is 0 Å². The van der Waals surface area contributed by atoms with Crippen LogP contribution >= 0.6 is 0 Å². The fourth-order valence-electron chi connectivity index (χ4n) is 4.93. The van der Waals surface area contributed by atoms with Gasteiger partial charge in [0, 0.05) is 44.0 Å². The van der Waals surface area contributed by atoms with E-state index in [-0.39, 0.29) is 17.2 Å². The lowest BCUT2D eigenvalue weighted by Gasteiger charge is -2.29. The van der Waals surface area contributed by atoms with E-state index in [9.17, 15) is 9.59 Å². The van der Waals surface area contributed by atoms with Gasteiger partial charge in [0.2, 0.25) is 5.91 Å². The monoisotopic (exact) mass is 413 g/mol. The van der Waals surface area contributed by atoms with Crippen molar-refractivity contribution < 1.29 is 9.59 Å². The Morgan fingerprint density at radius 3 is 2.27 bits per heavy atom. The lowest BCUT2D eigenvalue weighted by atomic mass is 9.84. The lowest BCUT2D eigenvalue weighted by molar-refractivity contribution is -0.117. The summed E-state index contributed by atoms with van der Waals surface area (Å²) >= 11 is 0. The van der Waals surface area contributed by atoms with E-state index < -0.39 is 0 Å². The maximum Gasteiger partial charge on any atom is 0.256 e. The Bertz CT molecular complexity index is 741. The molecule has 5 heteroatoms. The molecule has 0 aromatic heterocycles. The van der Waals surface area contributed by atoms with Gasteiger partial charge in [-0.25, -0.2) is 0 Å². The topological polar surface area (TPSA) is 52.7 Å². The molecular weight excluding hydrogens is 374 g/mol. The second kappa shape index (κ2) is 9.84. The molecule has 1 N–H and O–H groups in total. The van der Waals surface area contributed by atoms with Gasteiger partial charge < -0.3 is 15.1 Å². The molecule has 0 aliphatic carbocycles. The Balaban J connectivity index is 1.75. The number of likely N-dealkylation sites (tertiary alicyclic amines) is 1. The fraction of sp³-hybridized carbons (Fsp3) is 0.680. The van der Waals surface area contributed by atoms with E-state index in [0.29, 0.717) is 12.3 Å². The first-order valence-corrected chi connectivity index (χ1v) is 11.7. The third-order valence-corrected chi connectivity index (χ3v) is 6.10. The summed E-state index contributed by atoms with van der Waals surface area (Å²) < 4.78 is 0. The van der Waals surface area contributed by atoms with Crippen LogP contribution in [-0.2, 0) is 4.79 Å². The van der Waals surface area contributed by atoms with Crippen LogP contribution < -0.4 is 10.2 Å². The number of benzene rings is 1. The third kappa shape index (κ3) is 6.23. The Morgan fingerprint density at radius 1 is 1.00 bits per heavy atom. The van der Waals surface area contributed by atoms with Crippen molar-refractivity contribution in [1.82, 2.24) is 4.90 Å². The highest BCUT2D eigenvalue weighted by atomic mass is 16.2. The van der Waals surface area contributed by atoms with Crippen molar-refractivity contribution in [2.24, 2.45) is 11.3 Å². The highest BCUT2D eigenvalue weighted by Crippen LogP contribution is 2.30. The van der Waals surface area contributed by atoms with Gasteiger partial charge in [-0.1, -0.05) is 27.7 Å². The molecule has 1 aromatic carbocycles. The number of nitrogens with zero attached hydrogens (tertiary/aromatic N) is 2. The average molecular weight is 414 g/mol. The quantitative estimate of drug-likeness (QED) is 0.687. The van der Waals surface area contributed by atoms with Crippen molar-refractivity contribution in [3.63, 3.8) is 0 Å². The van der Waals surface area contributed by atoms with Crippen LogP contribution in [0.25, 0.3) is 0 Å². The van der Waals surface area contributed by atoms with E-state index in [4.69, 9.17) is 0 Å². The van der Waals surface area contributed by atoms with Crippen LogP contribution in [-0.4, -0.2) is 42.9 Å². The zero-order chi connectivity index (χ0) is 21.7. The van der Waals surface area contributed by atoms with E-state index in [1.54, 1.807) is 0 Å². The van der Waals surface area contributed by atoms with Gasteiger partial charge in [0.15, 0.2) is 0 Å². The number of hydrogen-bond donors (Lipinski definition) is 1. The van der Waals surface area contributed by atoms with E-state index in [2.05, 4.69) is 37.9 Å². The van der Waals surface area contributed by atoms with Crippen molar-refractivity contribution in [3.05, 3.63) is 23.8 Å². The molecule has 0 bridgehead atoms. The van der Waals surface area contributed by atoms with Gasteiger partial charge in [-0.05, 0) is 68.1 Å². The molecule has 5 nitrogen and oxygen atoms in total. The minimum Gasteiger partial charge on any atom is -0.371 e. The van der Waals surface area contributed by atoms with Crippen molar-refractivity contribution >= 4 is 23.2 Å². The maximum atomic E-state index is 13.3. The first kappa shape index (κ1) is 22.6. The Morgan fingerprint density at radius 2 is 1.63 bits per heavy atom. The minimum atomic E-state index is 0.0250. The summed E-state index contributed by atoms with van der Waals surface area (Å²) in [4.78, 5) is 30.2. The van der Waals surface area contributed by atoms with Gasteiger partial charge >= 0.3 is 0 Å². The van der Waals surface area contributed by atoms with Gasteiger partial charge in [0.05, 0.1) is 5.56 Å². The molecule has 166 valence electrons. The van der Waals surface area contributed by atoms with Crippen LogP contribution in [0.15, 0.2) is 18.2 Å². The number of anilines is 2. The number of nitrogens with one attached hydrogen (secondary N) is 1. The SMILES string of the molecule is C[C@H](CC(=O)Nc1ccc(N2CCCC2)c(C(=O)N2CCCCC2)c1)CC(C)(C)C. The molecule has 2 heterocycles. The first-order chi connectivity index (χ1) is 14.2. The number of piperidine rings is 1. The van der Waals surface area contributed by atoms with Gasteiger partial charge in [0.25, 0.3) is 5.91 Å². The average Bonchev–Trinajstić information content (AvgIpc) is 3.21. The van der Waals surface area contributed by atoms with Gasteiger partial charge in [-0.2, -0.15) is 0 Å². The van der Waals surface area contributed by atoms with Gasteiger partial charge in [0.1, 0.15) is 0 Å². The predicted molar refractivity (Wildman–Crippen MR) is 124 cm³/mol. The summed E-state index contributed by atoms with van der Waals surface area (Å²) in [5.74, 6) is 0.453. The molecule has 1 atom stereocenters. The molecule has 2 fully saturated rings. The van der Waals surface area contributed by atoms with Crippen LogP contribution in [0, 0.1) is 11.3 Å². The summed E-state index contributed by atoms with van der Waals surface area (Å²) in [6.07, 6.45) is 7.20. The normalized spacial score (nSPS) is 18.4. The fourth-order valence-corrected chi connectivity index (χ4v) is 4.93. The first-order valence-electron chi connectivity index (χ1n) is 11.7. The minimum absolute atomic E-state index is 0.0250. The van der Waals surface area contributed by atoms with Crippen molar-refractivity contribution in [2.45, 2.75) is 72.6 Å². The van der Waals surface area contributed by atoms with Gasteiger partial charge in [-0.3, -0.25) is 9.59 Å². The van der Waals surface area contributed by atoms with Crippen LogP contribution in [0.1, 0.15) is 83.0 Å². The molecule has 0 spiro atoms. The van der Waals surface area contributed by atoms with E-state index in [1.165, 1.54) is 19.3 Å². The number of rotatable bonds is 6. The van der Waals surface area contributed by atoms with Gasteiger partial charge in [-0.15, -0.1) is 0 Å². The smallest absolute Gasteiger partial charge is 0.256 e. The summed E-state index contributed by atoms with van der Waals surface area (Å²) in [6.45, 7) is 12.4. The third-order valence-electron chi connectivity index (χ3n) is 6.10. The van der Waals surface area contributed by atoms with E-state index >= 15 is 0 Å². The molecular formula is C25H39N3O2. The largest absolute Gasteiger partial charge is 0.371 e. The molecule has 2 saturated heterocycles. The Labute approximate surface area is 182 Å². The molecule has 2 aliphatic rings. The zero-order valence-electron chi connectivity index (χ0n) is 19.3. The van der Waals surface area contributed by atoms with Crippen molar-refractivity contribution in [1.29, 1.82) is 0 Å². The molecule has 2 amide bonds. The molecule has 0 saturated carbocycles. The second-order valence-corrected chi connectivity index (χ2v) is 10.4. The number of hydrogen-bond acceptors (Lipinski definition) is 3. The summed E-state index contributed by atoms with van der Waals surface area (Å²) in [5, 5.41) is 3.05. The summed E-state index contributed by atoms with van der Waals surface area (Å²) in [5.41, 5.74) is 2.69. The van der Waals surface area contributed by atoms with E-state index in [1.807, 2.05) is 23.1 Å².